The summed E-state index contributed by atoms with van der Waals surface area (Å²) in [7, 11) is -2.49. The molecule has 0 radical (unpaired) electrons. The van der Waals surface area contributed by atoms with Crippen LogP contribution in [0.5, 0.6) is 0 Å². The van der Waals surface area contributed by atoms with Crippen LogP contribution >= 0.6 is 0 Å². The van der Waals surface area contributed by atoms with Gasteiger partial charge in [-0.15, -0.1) is 0 Å². The molecule has 21 heavy (non-hydrogen) atoms. The number of methoxy groups -OCH3 is 1. The summed E-state index contributed by atoms with van der Waals surface area (Å²) < 4.78 is 38.9. The van der Waals surface area contributed by atoms with Crippen LogP contribution in [0.2, 0.25) is 0 Å². The molecule has 0 amide bonds. The lowest BCUT2D eigenvalue weighted by Gasteiger charge is -2.35. The number of rotatable bonds is 6. The van der Waals surface area contributed by atoms with Gasteiger partial charge >= 0.3 is 5.97 Å². The van der Waals surface area contributed by atoms with E-state index in [-0.39, 0.29) is 31.2 Å². The van der Waals surface area contributed by atoms with Crippen molar-refractivity contribution in [3.63, 3.8) is 0 Å². The lowest BCUT2D eigenvalue weighted by Crippen LogP contribution is -2.55. The molecule has 0 aliphatic carbocycles. The molecule has 1 saturated heterocycles. The van der Waals surface area contributed by atoms with Crippen LogP contribution in [-0.2, 0) is 24.5 Å². The summed E-state index contributed by atoms with van der Waals surface area (Å²) in [5.41, 5.74) is 0. The number of hydrogen-bond acceptors (Lipinski definition) is 5. The summed E-state index contributed by atoms with van der Waals surface area (Å²) in [4.78, 5) is 11.7. The molecule has 1 aliphatic rings. The third-order valence-corrected chi connectivity index (χ3v) is 4.77. The van der Waals surface area contributed by atoms with E-state index < -0.39 is 22.2 Å². The largest absolute Gasteiger partial charge is 0.468 e. The number of esters is 1. The maximum absolute atomic E-state index is 12.4. The summed E-state index contributed by atoms with van der Waals surface area (Å²) in [5.74, 6) is -0.402. The van der Waals surface area contributed by atoms with E-state index in [1.807, 2.05) is 27.7 Å². The lowest BCUT2D eigenvalue weighted by atomic mass is 10.1. The predicted octanol–water partition coefficient (Wildman–Crippen LogP) is 0.518. The Morgan fingerprint density at radius 1 is 1.33 bits per heavy atom. The second-order valence-corrected chi connectivity index (χ2v) is 7.60. The Kier molecular flexibility index (Phi) is 6.58. The minimum atomic E-state index is -3.75. The van der Waals surface area contributed by atoms with Gasteiger partial charge in [-0.05, 0) is 26.2 Å². The van der Waals surface area contributed by atoms with Crippen molar-refractivity contribution >= 4 is 16.2 Å². The molecule has 1 rings (SSSR count). The molecule has 1 heterocycles. The Balaban J connectivity index is 2.82. The third kappa shape index (κ3) is 5.54. The molecule has 1 N–H and O–H groups in total. The van der Waals surface area contributed by atoms with Gasteiger partial charge in [0.05, 0.1) is 19.3 Å². The van der Waals surface area contributed by atoms with Gasteiger partial charge in [-0.2, -0.15) is 17.4 Å². The van der Waals surface area contributed by atoms with Gasteiger partial charge < -0.3 is 9.47 Å². The van der Waals surface area contributed by atoms with Crippen LogP contribution < -0.4 is 4.72 Å². The topological polar surface area (TPSA) is 84.9 Å². The number of morpholine rings is 1. The fourth-order valence-corrected chi connectivity index (χ4v) is 3.90. The van der Waals surface area contributed by atoms with E-state index in [1.54, 1.807) is 0 Å². The van der Waals surface area contributed by atoms with Gasteiger partial charge in [0.15, 0.2) is 0 Å². The van der Waals surface area contributed by atoms with Crippen LogP contribution in [0.15, 0.2) is 0 Å². The quantitative estimate of drug-likeness (QED) is 0.721. The van der Waals surface area contributed by atoms with Crippen LogP contribution in [0.3, 0.4) is 0 Å². The van der Waals surface area contributed by atoms with Crippen molar-refractivity contribution in [2.45, 2.75) is 52.4 Å². The maximum atomic E-state index is 12.4. The van der Waals surface area contributed by atoms with Gasteiger partial charge in [0.25, 0.3) is 10.2 Å². The van der Waals surface area contributed by atoms with Crippen LogP contribution in [0.4, 0.5) is 0 Å². The summed E-state index contributed by atoms with van der Waals surface area (Å²) in [6.07, 6.45) is 0.0421. The van der Waals surface area contributed by atoms with E-state index in [9.17, 15) is 13.2 Å². The van der Waals surface area contributed by atoms with Crippen LogP contribution in [-0.4, -0.2) is 57.1 Å². The molecule has 0 aromatic heterocycles. The molecule has 7 nitrogen and oxygen atoms in total. The van der Waals surface area contributed by atoms with E-state index in [0.717, 1.165) is 0 Å². The first-order valence-electron chi connectivity index (χ1n) is 7.16. The van der Waals surface area contributed by atoms with E-state index in [0.29, 0.717) is 6.42 Å². The van der Waals surface area contributed by atoms with Crippen molar-refractivity contribution in [1.82, 2.24) is 9.03 Å². The highest BCUT2D eigenvalue weighted by molar-refractivity contribution is 7.87. The van der Waals surface area contributed by atoms with Crippen molar-refractivity contribution in [3.8, 4) is 0 Å². The molecule has 0 saturated carbocycles. The second-order valence-electron chi connectivity index (χ2n) is 5.90. The molecule has 0 spiro atoms. The van der Waals surface area contributed by atoms with Crippen molar-refractivity contribution < 1.29 is 22.7 Å². The van der Waals surface area contributed by atoms with Gasteiger partial charge in [0.1, 0.15) is 6.04 Å². The Labute approximate surface area is 127 Å². The minimum Gasteiger partial charge on any atom is -0.468 e. The minimum absolute atomic E-state index is 0.166. The van der Waals surface area contributed by atoms with E-state index >= 15 is 0 Å². The zero-order valence-corrected chi connectivity index (χ0v) is 14.1. The predicted molar refractivity (Wildman–Crippen MR) is 78.9 cm³/mol. The first kappa shape index (κ1) is 18.3. The molecule has 0 bridgehead atoms. The number of nitrogens with one attached hydrogen (secondary N) is 1. The number of nitrogens with zero attached hydrogens (tertiary/aromatic N) is 1. The molecular formula is C13H26N2O5S. The molecule has 1 fully saturated rings. The highest BCUT2D eigenvalue weighted by atomic mass is 32.2. The van der Waals surface area contributed by atoms with Gasteiger partial charge in [-0.3, -0.25) is 4.79 Å². The molecule has 0 aromatic carbocycles. The summed E-state index contributed by atoms with van der Waals surface area (Å²) in [6, 6.07) is -0.867. The molecule has 1 aliphatic heterocycles. The summed E-state index contributed by atoms with van der Waals surface area (Å²) in [5, 5.41) is 0. The first-order valence-corrected chi connectivity index (χ1v) is 8.60. The normalized spacial score (nSPS) is 25.8. The first-order chi connectivity index (χ1) is 9.65. The van der Waals surface area contributed by atoms with E-state index in [4.69, 9.17) is 4.74 Å². The Morgan fingerprint density at radius 2 is 1.86 bits per heavy atom. The zero-order valence-electron chi connectivity index (χ0n) is 13.3. The second kappa shape index (κ2) is 7.53. The van der Waals surface area contributed by atoms with Crippen LogP contribution in [0, 0.1) is 5.92 Å². The molecule has 3 atom stereocenters. The molecule has 124 valence electrons. The standard InChI is InChI=1S/C13H26N2O5S/c1-9(2)6-12(13(16)19-5)14-21(17,18)15-7-10(3)20-11(4)8-15/h9-12,14H,6-8H2,1-5H3. The number of carbonyl (C=O) groups excluding carboxylic acids is 1. The summed E-state index contributed by atoms with van der Waals surface area (Å²) in [6.45, 7) is 8.03. The smallest absolute Gasteiger partial charge is 0.323 e. The zero-order chi connectivity index (χ0) is 16.2. The Bertz CT molecular complexity index is 441. The highest BCUT2D eigenvalue weighted by Crippen LogP contribution is 2.15. The van der Waals surface area contributed by atoms with Gasteiger partial charge in [0.2, 0.25) is 0 Å². The highest BCUT2D eigenvalue weighted by Gasteiger charge is 2.34. The molecular weight excluding hydrogens is 296 g/mol. The van der Waals surface area contributed by atoms with Gasteiger partial charge in [0, 0.05) is 13.1 Å². The Morgan fingerprint density at radius 3 is 2.29 bits per heavy atom. The monoisotopic (exact) mass is 322 g/mol. The number of ether oxygens (including phenoxy) is 2. The number of hydrogen-bond donors (Lipinski definition) is 1. The van der Waals surface area contributed by atoms with Crippen molar-refractivity contribution in [2.24, 2.45) is 5.92 Å². The Hall–Kier alpha value is -0.700. The fraction of sp³-hybridized carbons (Fsp3) is 0.923. The fourth-order valence-electron chi connectivity index (χ4n) is 2.39. The van der Waals surface area contributed by atoms with Gasteiger partial charge in [-0.25, -0.2) is 0 Å². The third-order valence-electron chi connectivity index (χ3n) is 3.21. The number of carbonyl (C=O) groups is 1. The summed E-state index contributed by atoms with van der Waals surface area (Å²) >= 11 is 0. The van der Waals surface area contributed by atoms with Crippen LogP contribution in [0.25, 0.3) is 0 Å². The molecule has 0 aromatic rings. The van der Waals surface area contributed by atoms with Gasteiger partial charge in [-0.1, -0.05) is 13.8 Å². The molecule has 3 unspecified atom stereocenters. The maximum Gasteiger partial charge on any atom is 0.323 e. The lowest BCUT2D eigenvalue weighted by molar-refractivity contribution is -0.143. The average molecular weight is 322 g/mol. The molecule has 8 heteroatoms. The average Bonchev–Trinajstić information content (AvgIpc) is 2.35. The van der Waals surface area contributed by atoms with E-state index in [2.05, 4.69) is 9.46 Å². The van der Waals surface area contributed by atoms with E-state index in [1.165, 1.54) is 11.4 Å². The van der Waals surface area contributed by atoms with Crippen molar-refractivity contribution in [1.29, 1.82) is 0 Å². The van der Waals surface area contributed by atoms with Crippen molar-refractivity contribution in [2.75, 3.05) is 20.2 Å². The van der Waals surface area contributed by atoms with Crippen molar-refractivity contribution in [3.05, 3.63) is 0 Å². The van der Waals surface area contributed by atoms with Crippen LogP contribution in [0.1, 0.15) is 34.1 Å². The SMILES string of the molecule is COC(=O)C(CC(C)C)NS(=O)(=O)N1CC(C)OC(C)C1.